The summed E-state index contributed by atoms with van der Waals surface area (Å²) in [5, 5.41) is 3.45. The summed E-state index contributed by atoms with van der Waals surface area (Å²) in [5.74, 6) is -0.182. The van der Waals surface area contributed by atoms with Gasteiger partial charge in [0.05, 0.1) is 26.2 Å². The lowest BCUT2D eigenvalue weighted by Crippen LogP contribution is -2.51. The minimum Gasteiger partial charge on any atom is -0.497 e. The summed E-state index contributed by atoms with van der Waals surface area (Å²) in [4.78, 5) is 27.9. The van der Waals surface area contributed by atoms with Gasteiger partial charge in [0.1, 0.15) is 24.1 Å². The maximum atomic E-state index is 13.7. The summed E-state index contributed by atoms with van der Waals surface area (Å²) in [7, 11) is -1.09. The van der Waals surface area contributed by atoms with Crippen LogP contribution in [-0.4, -0.2) is 64.7 Å². The van der Waals surface area contributed by atoms with Crippen LogP contribution in [0.5, 0.6) is 11.5 Å². The average molecular weight is 575 g/mol. The number of nitrogens with zero attached hydrogens (tertiary/aromatic N) is 2. The summed E-state index contributed by atoms with van der Waals surface area (Å²) in [6.07, 6.45) is 0.984. The standard InChI is InChI=1S/C25H33Cl2N3O6S/c1-16(2)13-28-25(32)17(3)29(14-19-20(26)8-7-9-21(19)27)24(31)15-30(37(6,33)34)22-11-10-18(35-4)12-23(22)36-5/h7-12,16-17H,13-15H2,1-6H3,(H,28,32). The number of rotatable bonds is 12. The second kappa shape index (κ2) is 13.2. The molecule has 2 amide bonds. The minimum absolute atomic E-state index is 0.106. The van der Waals surface area contributed by atoms with Gasteiger partial charge >= 0.3 is 0 Å². The van der Waals surface area contributed by atoms with Gasteiger partial charge in [-0.25, -0.2) is 8.42 Å². The first-order chi connectivity index (χ1) is 17.3. The van der Waals surface area contributed by atoms with E-state index in [-0.39, 0.29) is 23.9 Å². The monoisotopic (exact) mass is 573 g/mol. The van der Waals surface area contributed by atoms with E-state index in [1.165, 1.54) is 31.3 Å². The number of benzene rings is 2. The van der Waals surface area contributed by atoms with E-state index in [2.05, 4.69) is 5.32 Å². The largest absolute Gasteiger partial charge is 0.497 e. The summed E-state index contributed by atoms with van der Waals surface area (Å²) in [6.45, 7) is 5.18. The van der Waals surface area contributed by atoms with Crippen molar-refractivity contribution in [2.45, 2.75) is 33.4 Å². The highest BCUT2D eigenvalue weighted by atomic mass is 35.5. The fourth-order valence-corrected chi connectivity index (χ4v) is 4.84. The Balaban J connectivity index is 2.50. The lowest BCUT2D eigenvalue weighted by atomic mass is 10.1. The molecule has 0 aliphatic rings. The number of methoxy groups -OCH3 is 2. The summed E-state index contributed by atoms with van der Waals surface area (Å²) in [5.41, 5.74) is 0.586. The third-order valence-electron chi connectivity index (χ3n) is 5.58. The van der Waals surface area contributed by atoms with Crippen molar-refractivity contribution in [3.05, 3.63) is 52.0 Å². The molecule has 2 aromatic carbocycles. The van der Waals surface area contributed by atoms with E-state index in [4.69, 9.17) is 32.7 Å². The molecule has 204 valence electrons. The molecule has 0 fully saturated rings. The van der Waals surface area contributed by atoms with Crippen molar-refractivity contribution in [3.8, 4) is 11.5 Å². The second-order valence-corrected chi connectivity index (χ2v) is 11.6. The van der Waals surface area contributed by atoms with E-state index in [1.807, 2.05) is 13.8 Å². The van der Waals surface area contributed by atoms with Gasteiger partial charge < -0.3 is 19.7 Å². The number of carbonyl (C=O) groups is 2. The van der Waals surface area contributed by atoms with Crippen LogP contribution in [0.3, 0.4) is 0 Å². The molecule has 0 saturated heterocycles. The van der Waals surface area contributed by atoms with Crippen molar-refractivity contribution in [2.75, 3.05) is 37.9 Å². The molecule has 1 atom stereocenters. The summed E-state index contributed by atoms with van der Waals surface area (Å²) < 4.78 is 37.1. The van der Waals surface area contributed by atoms with Crippen LogP contribution in [-0.2, 0) is 26.2 Å². The molecule has 1 unspecified atom stereocenters. The van der Waals surface area contributed by atoms with Crippen LogP contribution in [0.25, 0.3) is 0 Å². The predicted molar refractivity (Wildman–Crippen MR) is 146 cm³/mol. The maximum Gasteiger partial charge on any atom is 0.244 e. The molecule has 0 aliphatic carbocycles. The lowest BCUT2D eigenvalue weighted by molar-refractivity contribution is -0.139. The number of amides is 2. The highest BCUT2D eigenvalue weighted by molar-refractivity contribution is 7.92. The van der Waals surface area contributed by atoms with Gasteiger partial charge in [0.25, 0.3) is 0 Å². The van der Waals surface area contributed by atoms with Crippen molar-refractivity contribution >= 4 is 50.7 Å². The number of ether oxygens (including phenoxy) is 2. The van der Waals surface area contributed by atoms with Crippen LogP contribution in [0, 0.1) is 5.92 Å². The first-order valence-corrected chi connectivity index (χ1v) is 14.1. The van der Waals surface area contributed by atoms with Crippen LogP contribution >= 0.6 is 23.2 Å². The van der Waals surface area contributed by atoms with Gasteiger partial charge in [-0.15, -0.1) is 0 Å². The van der Waals surface area contributed by atoms with Crippen molar-refractivity contribution in [1.29, 1.82) is 0 Å². The van der Waals surface area contributed by atoms with Crippen molar-refractivity contribution < 1.29 is 27.5 Å². The molecule has 1 N–H and O–H groups in total. The topological polar surface area (TPSA) is 105 Å². The Labute approximate surface area is 228 Å². The van der Waals surface area contributed by atoms with E-state index < -0.39 is 34.4 Å². The van der Waals surface area contributed by atoms with E-state index >= 15 is 0 Å². The molecular weight excluding hydrogens is 541 g/mol. The fourth-order valence-electron chi connectivity index (χ4n) is 3.47. The van der Waals surface area contributed by atoms with Crippen molar-refractivity contribution in [3.63, 3.8) is 0 Å². The Kier molecular flexibility index (Phi) is 10.9. The lowest BCUT2D eigenvalue weighted by Gasteiger charge is -2.32. The Hall–Kier alpha value is -2.69. The van der Waals surface area contributed by atoms with Gasteiger partial charge in [0.2, 0.25) is 21.8 Å². The highest BCUT2D eigenvalue weighted by Crippen LogP contribution is 2.34. The molecular formula is C25H33Cl2N3O6S. The van der Waals surface area contributed by atoms with Gasteiger partial charge in [0, 0.05) is 34.8 Å². The molecule has 0 aliphatic heterocycles. The molecule has 0 saturated carbocycles. The molecule has 0 aromatic heterocycles. The number of hydrogen-bond donors (Lipinski definition) is 1. The molecule has 12 heteroatoms. The highest BCUT2D eigenvalue weighted by Gasteiger charge is 2.32. The maximum absolute atomic E-state index is 13.7. The molecule has 0 heterocycles. The number of carbonyl (C=O) groups excluding carboxylic acids is 2. The molecule has 0 radical (unpaired) electrons. The van der Waals surface area contributed by atoms with E-state index in [9.17, 15) is 18.0 Å². The van der Waals surface area contributed by atoms with Crippen LogP contribution < -0.4 is 19.1 Å². The zero-order chi connectivity index (χ0) is 27.9. The number of sulfonamides is 1. The predicted octanol–water partition coefficient (Wildman–Crippen LogP) is 3.97. The smallest absolute Gasteiger partial charge is 0.244 e. The number of anilines is 1. The number of hydrogen-bond acceptors (Lipinski definition) is 6. The van der Waals surface area contributed by atoms with E-state index in [0.717, 1.165) is 10.6 Å². The third kappa shape index (κ3) is 8.15. The molecule has 0 bridgehead atoms. The number of nitrogens with one attached hydrogen (secondary N) is 1. The Bertz CT molecular complexity index is 1200. The van der Waals surface area contributed by atoms with Gasteiger partial charge in [0.15, 0.2) is 0 Å². The Morgan fingerprint density at radius 2 is 1.65 bits per heavy atom. The first kappa shape index (κ1) is 30.5. The normalized spacial score (nSPS) is 12.1. The third-order valence-corrected chi connectivity index (χ3v) is 7.41. The number of halogens is 2. The van der Waals surface area contributed by atoms with Crippen molar-refractivity contribution in [2.24, 2.45) is 5.92 Å². The molecule has 2 aromatic rings. The second-order valence-electron chi connectivity index (χ2n) is 8.84. The molecule has 37 heavy (non-hydrogen) atoms. The fraction of sp³-hybridized carbons (Fsp3) is 0.440. The van der Waals surface area contributed by atoms with Crippen LogP contribution in [0.1, 0.15) is 26.3 Å². The minimum atomic E-state index is -3.94. The summed E-state index contributed by atoms with van der Waals surface area (Å²) >= 11 is 12.7. The van der Waals surface area contributed by atoms with Gasteiger partial charge in [-0.3, -0.25) is 13.9 Å². The molecule has 9 nitrogen and oxygen atoms in total. The zero-order valence-corrected chi connectivity index (χ0v) is 24.1. The Morgan fingerprint density at radius 3 is 2.16 bits per heavy atom. The average Bonchev–Trinajstić information content (AvgIpc) is 2.84. The first-order valence-electron chi connectivity index (χ1n) is 11.5. The zero-order valence-electron chi connectivity index (χ0n) is 21.7. The van der Waals surface area contributed by atoms with Crippen LogP contribution in [0.4, 0.5) is 5.69 Å². The molecule has 0 spiro atoms. The van der Waals surface area contributed by atoms with Crippen molar-refractivity contribution in [1.82, 2.24) is 10.2 Å². The van der Waals surface area contributed by atoms with E-state index in [1.54, 1.807) is 31.2 Å². The summed E-state index contributed by atoms with van der Waals surface area (Å²) in [6, 6.07) is 8.53. The Morgan fingerprint density at radius 1 is 1.03 bits per heavy atom. The SMILES string of the molecule is COc1ccc(N(CC(=O)N(Cc2c(Cl)cccc2Cl)C(C)C(=O)NCC(C)C)S(C)(=O)=O)c(OC)c1. The molecule has 2 rings (SSSR count). The van der Waals surface area contributed by atoms with E-state index in [0.29, 0.717) is 27.9 Å². The van der Waals surface area contributed by atoms with Crippen LogP contribution in [0.15, 0.2) is 36.4 Å². The van der Waals surface area contributed by atoms with Gasteiger partial charge in [-0.05, 0) is 37.1 Å². The quantitative estimate of drug-likeness (QED) is 0.412. The van der Waals surface area contributed by atoms with Gasteiger partial charge in [-0.2, -0.15) is 0 Å². The van der Waals surface area contributed by atoms with Gasteiger partial charge in [-0.1, -0.05) is 43.1 Å². The van der Waals surface area contributed by atoms with Crippen LogP contribution in [0.2, 0.25) is 10.0 Å².